The van der Waals surface area contributed by atoms with Gasteiger partial charge in [-0.15, -0.1) is 0 Å². The van der Waals surface area contributed by atoms with Crippen LogP contribution in [-0.2, 0) is 11.3 Å². The first-order chi connectivity index (χ1) is 7.63. The number of ether oxygens (including phenoxy) is 1. The van der Waals surface area contributed by atoms with Crippen molar-refractivity contribution in [3.05, 3.63) is 33.1 Å². The molecule has 6 heteroatoms. The van der Waals surface area contributed by atoms with Crippen LogP contribution in [0.5, 0.6) is 0 Å². The summed E-state index contributed by atoms with van der Waals surface area (Å²) < 4.78 is 6.42. The Morgan fingerprint density at radius 2 is 2.31 bits per heavy atom. The summed E-state index contributed by atoms with van der Waals surface area (Å²) in [6.07, 6.45) is 1.49. The molecule has 6 nitrogen and oxygen atoms in total. The highest BCUT2D eigenvalue weighted by Crippen LogP contribution is 1.82. The molecule has 1 unspecified atom stereocenters. The molecule has 0 spiro atoms. The maximum atomic E-state index is 11.3. The number of rotatable bonds is 6. The fourth-order valence-corrected chi connectivity index (χ4v) is 1.36. The lowest BCUT2D eigenvalue weighted by molar-refractivity contribution is 0.172. The molecule has 0 aromatic carbocycles. The molecule has 1 atom stereocenters. The van der Waals surface area contributed by atoms with Gasteiger partial charge < -0.3 is 10.1 Å². The van der Waals surface area contributed by atoms with Crippen LogP contribution >= 0.6 is 0 Å². The first kappa shape index (κ1) is 12.7. The Morgan fingerprint density at radius 1 is 1.56 bits per heavy atom. The standard InChI is InChI=1S/C10H17N3O3/c1-8(7-16-2)11-4-6-13-5-3-9(14)12-10(13)15/h3,5,8,11H,4,6-7H2,1-2H3,(H,12,14,15). The summed E-state index contributed by atoms with van der Waals surface area (Å²) in [5, 5.41) is 3.20. The minimum absolute atomic E-state index is 0.239. The number of hydrogen-bond donors (Lipinski definition) is 2. The van der Waals surface area contributed by atoms with Crippen molar-refractivity contribution < 1.29 is 4.74 Å². The SMILES string of the molecule is COCC(C)NCCn1ccc(=O)[nH]c1=O. The predicted molar refractivity (Wildman–Crippen MR) is 60.7 cm³/mol. The van der Waals surface area contributed by atoms with Crippen molar-refractivity contribution >= 4 is 0 Å². The van der Waals surface area contributed by atoms with Gasteiger partial charge in [-0.3, -0.25) is 14.3 Å². The highest BCUT2D eigenvalue weighted by atomic mass is 16.5. The summed E-state index contributed by atoms with van der Waals surface area (Å²) >= 11 is 0. The van der Waals surface area contributed by atoms with E-state index in [4.69, 9.17) is 4.74 Å². The third-order valence-electron chi connectivity index (χ3n) is 2.16. The van der Waals surface area contributed by atoms with Gasteiger partial charge >= 0.3 is 5.69 Å². The van der Waals surface area contributed by atoms with Gasteiger partial charge in [-0.2, -0.15) is 0 Å². The molecule has 0 saturated carbocycles. The Balaban J connectivity index is 2.43. The quantitative estimate of drug-likeness (QED) is 0.664. The summed E-state index contributed by atoms with van der Waals surface area (Å²) in [6, 6.07) is 1.57. The van der Waals surface area contributed by atoms with Gasteiger partial charge in [-0.25, -0.2) is 4.79 Å². The van der Waals surface area contributed by atoms with Crippen molar-refractivity contribution in [3.63, 3.8) is 0 Å². The number of aromatic amines is 1. The average molecular weight is 227 g/mol. The fraction of sp³-hybridized carbons (Fsp3) is 0.600. The summed E-state index contributed by atoms with van der Waals surface area (Å²) in [6.45, 7) is 3.79. The maximum absolute atomic E-state index is 11.3. The maximum Gasteiger partial charge on any atom is 0.328 e. The zero-order valence-electron chi connectivity index (χ0n) is 9.53. The van der Waals surface area contributed by atoms with E-state index in [0.29, 0.717) is 19.7 Å². The second-order valence-electron chi connectivity index (χ2n) is 3.61. The highest BCUT2D eigenvalue weighted by molar-refractivity contribution is 4.82. The Bertz CT molecular complexity index is 424. The summed E-state index contributed by atoms with van der Waals surface area (Å²) in [4.78, 5) is 24.3. The van der Waals surface area contributed by atoms with Gasteiger partial charge in [0.25, 0.3) is 5.56 Å². The summed E-state index contributed by atoms with van der Waals surface area (Å²) in [7, 11) is 1.64. The molecule has 1 heterocycles. The molecule has 0 radical (unpaired) electrons. The Kier molecular flexibility index (Phi) is 4.94. The van der Waals surface area contributed by atoms with Crippen LogP contribution in [0.4, 0.5) is 0 Å². The molecule has 90 valence electrons. The molecule has 0 fully saturated rings. The molecule has 0 aliphatic heterocycles. The van der Waals surface area contributed by atoms with Gasteiger partial charge in [0.2, 0.25) is 0 Å². The van der Waals surface area contributed by atoms with Crippen LogP contribution in [-0.4, -0.2) is 35.9 Å². The Morgan fingerprint density at radius 3 is 2.94 bits per heavy atom. The van der Waals surface area contributed by atoms with E-state index in [0.717, 1.165) is 0 Å². The van der Waals surface area contributed by atoms with E-state index in [1.54, 1.807) is 7.11 Å². The number of aromatic nitrogens is 2. The first-order valence-corrected chi connectivity index (χ1v) is 5.15. The first-order valence-electron chi connectivity index (χ1n) is 5.15. The smallest absolute Gasteiger partial charge is 0.328 e. The average Bonchev–Trinajstić information content (AvgIpc) is 2.22. The van der Waals surface area contributed by atoms with E-state index in [1.165, 1.54) is 16.8 Å². The van der Waals surface area contributed by atoms with Crippen molar-refractivity contribution in [1.82, 2.24) is 14.9 Å². The lowest BCUT2D eigenvalue weighted by Gasteiger charge is -2.12. The van der Waals surface area contributed by atoms with E-state index >= 15 is 0 Å². The largest absolute Gasteiger partial charge is 0.383 e. The van der Waals surface area contributed by atoms with Gasteiger partial charge in [0.05, 0.1) is 6.61 Å². The Labute approximate surface area is 93.3 Å². The van der Waals surface area contributed by atoms with Crippen molar-refractivity contribution in [1.29, 1.82) is 0 Å². The molecule has 1 aromatic rings. The molecule has 16 heavy (non-hydrogen) atoms. The van der Waals surface area contributed by atoms with Gasteiger partial charge in [0.15, 0.2) is 0 Å². The number of hydrogen-bond acceptors (Lipinski definition) is 4. The normalized spacial score (nSPS) is 12.6. The molecule has 1 aromatic heterocycles. The fourth-order valence-electron chi connectivity index (χ4n) is 1.36. The molecular weight excluding hydrogens is 210 g/mol. The molecule has 0 bridgehead atoms. The monoisotopic (exact) mass is 227 g/mol. The van der Waals surface area contributed by atoms with Crippen molar-refractivity contribution in [2.75, 3.05) is 20.3 Å². The van der Waals surface area contributed by atoms with Gasteiger partial charge in [-0.05, 0) is 6.92 Å². The third kappa shape index (κ3) is 4.00. The van der Waals surface area contributed by atoms with Crippen molar-refractivity contribution in [3.8, 4) is 0 Å². The lowest BCUT2D eigenvalue weighted by Crippen LogP contribution is -2.36. The topological polar surface area (TPSA) is 76.1 Å². The highest BCUT2D eigenvalue weighted by Gasteiger charge is 2.00. The molecule has 0 aliphatic rings. The van der Waals surface area contributed by atoms with Gasteiger partial charge in [0.1, 0.15) is 0 Å². The van der Waals surface area contributed by atoms with Crippen LogP contribution < -0.4 is 16.6 Å². The van der Waals surface area contributed by atoms with Crippen molar-refractivity contribution in [2.45, 2.75) is 19.5 Å². The van der Waals surface area contributed by atoms with E-state index in [9.17, 15) is 9.59 Å². The predicted octanol–water partition coefficient (Wildman–Crippen LogP) is -0.839. The molecule has 0 aliphatic carbocycles. The van der Waals surface area contributed by atoms with E-state index in [1.807, 2.05) is 6.92 Å². The number of nitrogens with zero attached hydrogens (tertiary/aromatic N) is 1. The molecule has 0 saturated heterocycles. The van der Waals surface area contributed by atoms with Gasteiger partial charge in [-0.1, -0.05) is 0 Å². The zero-order chi connectivity index (χ0) is 12.0. The van der Waals surface area contributed by atoms with E-state index in [-0.39, 0.29) is 17.3 Å². The van der Waals surface area contributed by atoms with Crippen LogP contribution in [0.3, 0.4) is 0 Å². The van der Waals surface area contributed by atoms with E-state index < -0.39 is 0 Å². The van der Waals surface area contributed by atoms with Crippen molar-refractivity contribution in [2.24, 2.45) is 0 Å². The van der Waals surface area contributed by atoms with Crippen LogP contribution in [0, 0.1) is 0 Å². The second kappa shape index (κ2) is 6.24. The lowest BCUT2D eigenvalue weighted by atomic mass is 10.3. The van der Waals surface area contributed by atoms with Crippen LogP contribution in [0.2, 0.25) is 0 Å². The van der Waals surface area contributed by atoms with Crippen LogP contribution in [0.1, 0.15) is 6.92 Å². The summed E-state index contributed by atoms with van der Waals surface area (Å²) in [5.41, 5.74) is -0.754. The minimum Gasteiger partial charge on any atom is -0.383 e. The van der Waals surface area contributed by atoms with Crippen LogP contribution in [0.25, 0.3) is 0 Å². The third-order valence-corrected chi connectivity index (χ3v) is 2.16. The van der Waals surface area contributed by atoms with Gasteiger partial charge in [0, 0.05) is 38.5 Å². The van der Waals surface area contributed by atoms with E-state index in [2.05, 4.69) is 10.3 Å². The number of methoxy groups -OCH3 is 1. The van der Waals surface area contributed by atoms with Crippen LogP contribution in [0.15, 0.2) is 21.9 Å². The molecule has 1 rings (SSSR count). The number of nitrogens with one attached hydrogen (secondary N) is 2. The summed E-state index contributed by atoms with van der Waals surface area (Å²) in [5.74, 6) is 0. The minimum atomic E-state index is -0.381. The number of H-pyrrole nitrogens is 1. The second-order valence-corrected chi connectivity index (χ2v) is 3.61. The molecular formula is C10H17N3O3. The molecule has 2 N–H and O–H groups in total. The zero-order valence-corrected chi connectivity index (χ0v) is 9.53. The molecule has 0 amide bonds. The Hall–Kier alpha value is -1.40.